The van der Waals surface area contributed by atoms with Crippen molar-refractivity contribution in [2.45, 2.75) is 18.8 Å². The molecule has 5 heteroatoms. The molecule has 0 aromatic heterocycles. The molecule has 2 aliphatic rings. The van der Waals surface area contributed by atoms with Crippen molar-refractivity contribution in [3.63, 3.8) is 0 Å². The summed E-state index contributed by atoms with van der Waals surface area (Å²) in [5.74, 6) is 0.932. The van der Waals surface area contributed by atoms with Gasteiger partial charge in [-0.1, -0.05) is 30.4 Å². The highest BCUT2D eigenvalue weighted by Crippen LogP contribution is 2.35. The van der Waals surface area contributed by atoms with Crippen LogP contribution in [-0.2, 0) is 4.79 Å². The first-order valence-electron chi connectivity index (χ1n) is 6.96. The second kappa shape index (κ2) is 5.40. The Morgan fingerprint density at radius 1 is 1.40 bits per heavy atom. The minimum Gasteiger partial charge on any atom is -0.492 e. The number of nitrogens with zero attached hydrogens (tertiary/aromatic N) is 1. The van der Waals surface area contributed by atoms with E-state index in [1.807, 2.05) is 29.2 Å². The Kier molecular flexibility index (Phi) is 3.61. The van der Waals surface area contributed by atoms with Crippen molar-refractivity contribution >= 4 is 23.1 Å². The number of amides is 1. The van der Waals surface area contributed by atoms with E-state index in [1.54, 1.807) is 0 Å². The van der Waals surface area contributed by atoms with Crippen LogP contribution >= 0.6 is 12.2 Å². The van der Waals surface area contributed by atoms with Crippen molar-refractivity contribution in [2.75, 3.05) is 19.7 Å². The molecule has 2 heterocycles. The zero-order valence-corrected chi connectivity index (χ0v) is 12.1. The van der Waals surface area contributed by atoms with Gasteiger partial charge in [-0.3, -0.25) is 4.79 Å². The number of thiocarbonyl (C=S) groups is 1. The topological polar surface area (TPSA) is 55.6 Å². The molecule has 3 rings (SSSR count). The lowest BCUT2D eigenvalue weighted by Crippen LogP contribution is -2.45. The van der Waals surface area contributed by atoms with Crippen LogP contribution in [0.25, 0.3) is 0 Å². The molecular formula is C15H18N2O2S. The Hall–Kier alpha value is -1.62. The van der Waals surface area contributed by atoms with Crippen molar-refractivity contribution in [1.29, 1.82) is 0 Å². The SMILES string of the molecule is NC(=S)C1CCCN(C(=O)C2COc3ccccc32)C1. The number of nitrogens with two attached hydrogens (primary N) is 1. The van der Waals surface area contributed by atoms with Gasteiger partial charge in [-0.15, -0.1) is 0 Å². The number of hydrogen-bond acceptors (Lipinski definition) is 3. The minimum absolute atomic E-state index is 0.135. The van der Waals surface area contributed by atoms with Crippen LogP contribution in [0.5, 0.6) is 5.75 Å². The van der Waals surface area contributed by atoms with E-state index in [9.17, 15) is 4.79 Å². The van der Waals surface area contributed by atoms with Gasteiger partial charge in [-0.25, -0.2) is 0 Å². The van der Waals surface area contributed by atoms with E-state index < -0.39 is 0 Å². The van der Waals surface area contributed by atoms with Crippen molar-refractivity contribution in [1.82, 2.24) is 4.90 Å². The molecule has 0 aliphatic carbocycles. The van der Waals surface area contributed by atoms with Gasteiger partial charge in [0.15, 0.2) is 0 Å². The van der Waals surface area contributed by atoms with Gasteiger partial charge in [0, 0.05) is 24.6 Å². The highest BCUT2D eigenvalue weighted by atomic mass is 32.1. The molecule has 1 saturated heterocycles. The second-order valence-electron chi connectivity index (χ2n) is 5.43. The third kappa shape index (κ3) is 2.38. The highest BCUT2D eigenvalue weighted by molar-refractivity contribution is 7.80. The summed E-state index contributed by atoms with van der Waals surface area (Å²) in [5.41, 5.74) is 6.72. The lowest BCUT2D eigenvalue weighted by atomic mass is 9.94. The molecule has 2 N–H and O–H groups in total. The van der Waals surface area contributed by atoms with Crippen LogP contribution < -0.4 is 10.5 Å². The van der Waals surface area contributed by atoms with E-state index in [4.69, 9.17) is 22.7 Å². The predicted molar refractivity (Wildman–Crippen MR) is 80.8 cm³/mol. The third-order valence-electron chi connectivity index (χ3n) is 4.13. The molecular weight excluding hydrogens is 272 g/mol. The van der Waals surface area contributed by atoms with Crippen LogP contribution in [0, 0.1) is 5.92 Å². The first-order chi connectivity index (χ1) is 9.66. The van der Waals surface area contributed by atoms with E-state index in [0.29, 0.717) is 18.1 Å². The standard InChI is InChI=1S/C15H18N2O2S/c16-14(20)10-4-3-7-17(8-10)15(18)12-9-19-13-6-2-1-5-11(12)13/h1-2,5-6,10,12H,3-4,7-9H2,(H2,16,20). The molecule has 2 unspecified atom stereocenters. The number of piperidine rings is 1. The summed E-state index contributed by atoms with van der Waals surface area (Å²) >= 11 is 5.07. The second-order valence-corrected chi connectivity index (χ2v) is 5.90. The maximum atomic E-state index is 12.7. The van der Waals surface area contributed by atoms with Crippen molar-refractivity contribution in [3.8, 4) is 5.75 Å². The summed E-state index contributed by atoms with van der Waals surface area (Å²) < 4.78 is 5.60. The number of para-hydroxylation sites is 1. The first-order valence-corrected chi connectivity index (χ1v) is 7.37. The van der Waals surface area contributed by atoms with Crippen LogP contribution in [0.2, 0.25) is 0 Å². The lowest BCUT2D eigenvalue weighted by Gasteiger charge is -2.33. The smallest absolute Gasteiger partial charge is 0.233 e. The van der Waals surface area contributed by atoms with E-state index in [0.717, 1.165) is 30.7 Å². The van der Waals surface area contributed by atoms with Gasteiger partial charge in [-0.2, -0.15) is 0 Å². The maximum absolute atomic E-state index is 12.7. The predicted octanol–water partition coefficient (Wildman–Crippen LogP) is 1.69. The Labute approximate surface area is 123 Å². The van der Waals surface area contributed by atoms with E-state index in [-0.39, 0.29) is 17.7 Å². The Balaban J connectivity index is 1.75. The van der Waals surface area contributed by atoms with Crippen LogP contribution in [0.1, 0.15) is 24.3 Å². The Morgan fingerprint density at radius 2 is 2.20 bits per heavy atom. The van der Waals surface area contributed by atoms with Gasteiger partial charge < -0.3 is 15.4 Å². The Morgan fingerprint density at radius 3 is 3.00 bits per heavy atom. The summed E-state index contributed by atoms with van der Waals surface area (Å²) in [6.45, 7) is 1.87. The fraction of sp³-hybridized carbons (Fsp3) is 0.467. The van der Waals surface area contributed by atoms with Gasteiger partial charge in [0.05, 0.1) is 4.99 Å². The molecule has 0 spiro atoms. The monoisotopic (exact) mass is 290 g/mol. The summed E-state index contributed by atoms with van der Waals surface area (Å²) in [4.78, 5) is 15.1. The van der Waals surface area contributed by atoms with E-state index >= 15 is 0 Å². The van der Waals surface area contributed by atoms with Crippen molar-refractivity contribution in [2.24, 2.45) is 11.7 Å². The summed E-state index contributed by atoms with van der Waals surface area (Å²) in [5, 5.41) is 0. The number of carbonyl (C=O) groups is 1. The molecule has 1 amide bonds. The quantitative estimate of drug-likeness (QED) is 0.842. The van der Waals surface area contributed by atoms with Gasteiger partial charge in [0.25, 0.3) is 0 Å². The zero-order valence-electron chi connectivity index (χ0n) is 11.2. The highest BCUT2D eigenvalue weighted by Gasteiger charge is 2.35. The number of likely N-dealkylation sites (tertiary alicyclic amines) is 1. The fourth-order valence-electron chi connectivity index (χ4n) is 3.00. The average molecular weight is 290 g/mol. The molecule has 1 fully saturated rings. The fourth-order valence-corrected chi connectivity index (χ4v) is 3.19. The van der Waals surface area contributed by atoms with E-state index in [2.05, 4.69) is 0 Å². The number of ether oxygens (including phenoxy) is 1. The number of benzene rings is 1. The normalized spacial score (nSPS) is 24.9. The van der Waals surface area contributed by atoms with Gasteiger partial charge >= 0.3 is 0 Å². The third-order valence-corrected chi connectivity index (χ3v) is 4.47. The number of hydrogen-bond donors (Lipinski definition) is 1. The van der Waals surface area contributed by atoms with Crippen molar-refractivity contribution < 1.29 is 9.53 Å². The first kappa shape index (κ1) is 13.4. The lowest BCUT2D eigenvalue weighted by molar-refractivity contribution is -0.134. The average Bonchev–Trinajstić information content (AvgIpc) is 2.90. The molecule has 4 nitrogen and oxygen atoms in total. The van der Waals surface area contributed by atoms with Crippen LogP contribution in [-0.4, -0.2) is 35.5 Å². The Bertz CT molecular complexity index is 546. The summed E-state index contributed by atoms with van der Waals surface area (Å²) in [6, 6.07) is 7.76. The maximum Gasteiger partial charge on any atom is 0.233 e. The number of carbonyl (C=O) groups excluding carboxylic acids is 1. The minimum atomic E-state index is -0.184. The molecule has 1 aromatic rings. The van der Waals surface area contributed by atoms with Crippen LogP contribution in [0.4, 0.5) is 0 Å². The summed E-state index contributed by atoms with van der Waals surface area (Å²) in [7, 11) is 0. The molecule has 2 atom stereocenters. The molecule has 1 aromatic carbocycles. The molecule has 2 aliphatic heterocycles. The molecule has 106 valence electrons. The van der Waals surface area contributed by atoms with E-state index in [1.165, 1.54) is 0 Å². The van der Waals surface area contributed by atoms with Gasteiger partial charge in [0.1, 0.15) is 18.3 Å². The number of rotatable bonds is 2. The molecule has 20 heavy (non-hydrogen) atoms. The molecule has 0 bridgehead atoms. The molecule has 0 radical (unpaired) electrons. The van der Waals surface area contributed by atoms with Gasteiger partial charge in [0.2, 0.25) is 5.91 Å². The van der Waals surface area contributed by atoms with Crippen LogP contribution in [0.3, 0.4) is 0 Å². The molecule has 0 saturated carbocycles. The largest absolute Gasteiger partial charge is 0.492 e. The summed E-state index contributed by atoms with van der Waals surface area (Å²) in [6.07, 6.45) is 1.94. The zero-order chi connectivity index (χ0) is 14.1. The van der Waals surface area contributed by atoms with Gasteiger partial charge in [-0.05, 0) is 18.9 Å². The van der Waals surface area contributed by atoms with Crippen LogP contribution in [0.15, 0.2) is 24.3 Å². The van der Waals surface area contributed by atoms with Crippen molar-refractivity contribution in [3.05, 3.63) is 29.8 Å². The number of fused-ring (bicyclic) bond motifs is 1.